The molecule has 0 bridgehead atoms. The van der Waals surface area contributed by atoms with Crippen LogP contribution in [0.3, 0.4) is 0 Å². The van der Waals surface area contributed by atoms with E-state index < -0.39 is 77.4 Å². The summed E-state index contributed by atoms with van der Waals surface area (Å²) in [5, 5.41) is 13.9. The van der Waals surface area contributed by atoms with Gasteiger partial charge in [0.1, 0.15) is 35.2 Å². The number of ether oxygens (including phenoxy) is 2. The monoisotopic (exact) mass is 883 g/mol. The number of nitriles is 1. The Bertz CT molecular complexity index is 1910. The Kier molecular flexibility index (Phi) is 14.0. The van der Waals surface area contributed by atoms with E-state index in [1.165, 1.54) is 6.20 Å². The van der Waals surface area contributed by atoms with E-state index in [-0.39, 0.29) is 11.4 Å². The number of carbonyl (C=O) groups is 3. The second-order valence-electron chi connectivity index (χ2n) is 15.2. The fraction of sp³-hybridized carbons (Fsp3) is 0.432. The van der Waals surface area contributed by atoms with Gasteiger partial charge in [0, 0.05) is 15.5 Å². The third kappa shape index (κ3) is 12.8. The van der Waals surface area contributed by atoms with E-state index >= 15 is 0 Å². The molecule has 1 fully saturated rings. The van der Waals surface area contributed by atoms with Crippen LogP contribution in [0.5, 0.6) is 0 Å². The molecular formula is C37H43BF4IN5O7. The van der Waals surface area contributed by atoms with Crippen molar-refractivity contribution < 1.29 is 50.7 Å². The first-order chi connectivity index (χ1) is 25.1. The van der Waals surface area contributed by atoms with Gasteiger partial charge >= 0.3 is 31.4 Å². The van der Waals surface area contributed by atoms with E-state index in [2.05, 4.69) is 15.6 Å². The molecule has 1 saturated heterocycles. The van der Waals surface area contributed by atoms with Gasteiger partial charge in [0.2, 0.25) is 0 Å². The van der Waals surface area contributed by atoms with Crippen LogP contribution in [-0.2, 0) is 29.8 Å². The Balaban J connectivity index is 0.000000301. The van der Waals surface area contributed by atoms with Crippen LogP contribution in [0.2, 0.25) is 0 Å². The summed E-state index contributed by atoms with van der Waals surface area (Å²) in [5.41, 5.74) is -2.80. The quantitative estimate of drug-likeness (QED) is 0.108. The number of alkyl halides is 3. The van der Waals surface area contributed by atoms with Gasteiger partial charge in [0.15, 0.2) is 5.82 Å². The van der Waals surface area contributed by atoms with Gasteiger partial charge in [-0.1, -0.05) is 12.1 Å². The van der Waals surface area contributed by atoms with Crippen LogP contribution in [0.4, 0.5) is 44.3 Å². The number of amides is 3. The molecular weight excluding hydrogens is 840 g/mol. The van der Waals surface area contributed by atoms with Gasteiger partial charge in [0.05, 0.1) is 22.5 Å². The largest absolute Gasteiger partial charge is 0.494 e. The van der Waals surface area contributed by atoms with Crippen LogP contribution in [0.15, 0.2) is 54.7 Å². The highest BCUT2D eigenvalue weighted by Gasteiger charge is 2.51. The zero-order valence-corrected chi connectivity index (χ0v) is 34.2. The Labute approximate surface area is 331 Å². The Morgan fingerprint density at radius 3 is 1.98 bits per heavy atom. The summed E-state index contributed by atoms with van der Waals surface area (Å²) in [7, 11) is -0.572. The first kappa shape index (κ1) is 44.9. The lowest BCUT2D eigenvalue weighted by Crippen LogP contribution is -2.42. The lowest BCUT2D eigenvalue weighted by Gasteiger charge is -2.32. The Morgan fingerprint density at radius 2 is 1.47 bits per heavy atom. The average molecular weight is 883 g/mol. The van der Waals surface area contributed by atoms with Crippen LogP contribution in [0, 0.1) is 20.7 Å². The molecule has 2 aromatic carbocycles. The number of urea groups is 1. The second kappa shape index (κ2) is 17.1. The van der Waals surface area contributed by atoms with E-state index in [4.69, 9.17) is 18.8 Å². The molecule has 55 heavy (non-hydrogen) atoms. The third-order valence-electron chi connectivity index (χ3n) is 7.80. The van der Waals surface area contributed by atoms with E-state index in [0.29, 0.717) is 27.5 Å². The number of nitrogens with one attached hydrogen (secondary N) is 2. The molecule has 296 valence electrons. The molecule has 2 heterocycles. The van der Waals surface area contributed by atoms with Crippen molar-refractivity contribution in [3.63, 3.8) is 0 Å². The maximum atomic E-state index is 13.8. The van der Waals surface area contributed by atoms with E-state index in [1.807, 2.05) is 56.4 Å². The first-order valence-electron chi connectivity index (χ1n) is 16.8. The predicted octanol–water partition coefficient (Wildman–Crippen LogP) is 8.43. The summed E-state index contributed by atoms with van der Waals surface area (Å²) in [4.78, 5) is 42.0. The molecule has 4 rings (SSSR count). The molecule has 0 atom stereocenters. The van der Waals surface area contributed by atoms with E-state index in [0.717, 1.165) is 10.4 Å². The zero-order chi connectivity index (χ0) is 41.7. The molecule has 18 heteroatoms. The lowest BCUT2D eigenvalue weighted by molar-refractivity contribution is -0.153. The summed E-state index contributed by atoms with van der Waals surface area (Å²) >= 11 is 1.97. The summed E-state index contributed by atoms with van der Waals surface area (Å²) in [6, 6.07) is 11.1. The number of hydrogen-bond donors (Lipinski definition) is 2. The number of esters is 1. The second-order valence-corrected chi connectivity index (χ2v) is 16.4. The van der Waals surface area contributed by atoms with Crippen molar-refractivity contribution >= 4 is 70.5 Å². The fourth-order valence-electron chi connectivity index (χ4n) is 4.57. The van der Waals surface area contributed by atoms with Crippen molar-refractivity contribution in [2.75, 3.05) is 22.1 Å². The maximum absolute atomic E-state index is 13.8. The normalized spacial score (nSPS) is 14.8. The van der Waals surface area contributed by atoms with Crippen molar-refractivity contribution in [1.29, 1.82) is 5.26 Å². The summed E-state index contributed by atoms with van der Waals surface area (Å²) < 4.78 is 75.2. The molecule has 1 aliphatic rings. The summed E-state index contributed by atoms with van der Waals surface area (Å²) in [6.07, 6.45) is -3.96. The van der Waals surface area contributed by atoms with Crippen LogP contribution in [0.25, 0.3) is 0 Å². The van der Waals surface area contributed by atoms with Crippen molar-refractivity contribution in [1.82, 2.24) is 4.98 Å². The molecule has 0 unspecified atom stereocenters. The van der Waals surface area contributed by atoms with Gasteiger partial charge in [-0.05, 0) is 134 Å². The van der Waals surface area contributed by atoms with E-state index in [1.54, 1.807) is 71.9 Å². The van der Waals surface area contributed by atoms with Crippen LogP contribution >= 0.6 is 22.6 Å². The molecule has 1 aliphatic heterocycles. The van der Waals surface area contributed by atoms with Crippen LogP contribution in [-0.4, -0.2) is 59.1 Å². The molecule has 0 saturated carbocycles. The Morgan fingerprint density at radius 1 is 0.909 bits per heavy atom. The number of pyridine rings is 1. The minimum atomic E-state index is -4.65. The minimum absolute atomic E-state index is 0.0644. The number of carbonyl (C=O) groups excluding carboxylic acids is 3. The smallest absolute Gasteiger partial charge is 0.459 e. The molecule has 1 aromatic heterocycles. The van der Waals surface area contributed by atoms with Gasteiger partial charge in [-0.3, -0.25) is 4.79 Å². The predicted molar refractivity (Wildman–Crippen MR) is 207 cm³/mol. The molecule has 3 amide bonds. The first-order valence-corrected chi connectivity index (χ1v) is 17.9. The molecule has 0 aliphatic carbocycles. The molecule has 0 radical (unpaired) electrons. The highest BCUT2D eigenvalue weighted by molar-refractivity contribution is 14.1. The molecule has 2 N–H and O–H groups in total. The number of nitrogens with zero attached hydrogens (tertiary/aromatic N) is 3. The number of anilines is 3. The van der Waals surface area contributed by atoms with Gasteiger partial charge in [0.25, 0.3) is 0 Å². The van der Waals surface area contributed by atoms with Gasteiger partial charge in [-0.25, -0.2) is 23.9 Å². The summed E-state index contributed by atoms with van der Waals surface area (Å²) in [6.45, 7) is 17.6. The van der Waals surface area contributed by atoms with Crippen molar-refractivity contribution in [2.45, 2.75) is 97.8 Å². The number of benzene rings is 2. The Hall–Kier alpha value is -4.48. The molecule has 3 aromatic rings. The standard InChI is InChI=1S/C20H21BF4N2O3.C17H22IN3O4/c1-18(2)19(3,4)30-21(29-18)13-6-8-14(9-7-13)26-17(28)27-16-11-12(20(23,24)25)5-10-15(16)22;1-16(2,3)24-13(22)10-21(15(23)25-17(4,5)6)14-11(9-19)12(18)7-8-20-14/h5-11H,1-4H3,(H2,26,27,28);7-8H,10H2,1-6H3. The average Bonchev–Trinajstić information content (AvgIpc) is 3.25. The van der Waals surface area contributed by atoms with Gasteiger partial charge < -0.3 is 29.4 Å². The minimum Gasteiger partial charge on any atom is -0.459 e. The number of aromatic nitrogens is 1. The van der Waals surface area contributed by atoms with Crippen molar-refractivity contribution in [2.24, 2.45) is 0 Å². The lowest BCUT2D eigenvalue weighted by atomic mass is 9.79. The van der Waals surface area contributed by atoms with Gasteiger partial charge in [-0.2, -0.15) is 18.4 Å². The third-order valence-corrected chi connectivity index (χ3v) is 8.70. The topological polar surface area (TPSA) is 152 Å². The number of rotatable bonds is 6. The number of hydrogen-bond acceptors (Lipinski definition) is 9. The van der Waals surface area contributed by atoms with Gasteiger partial charge in [-0.15, -0.1) is 0 Å². The highest BCUT2D eigenvalue weighted by atomic mass is 127. The number of halogens is 5. The summed E-state index contributed by atoms with van der Waals surface area (Å²) in [5.74, 6) is -1.54. The zero-order valence-electron chi connectivity index (χ0n) is 32.1. The van der Waals surface area contributed by atoms with E-state index in [9.17, 15) is 37.2 Å². The maximum Gasteiger partial charge on any atom is 0.494 e. The van der Waals surface area contributed by atoms with Crippen molar-refractivity contribution in [3.8, 4) is 6.07 Å². The van der Waals surface area contributed by atoms with Crippen LogP contribution < -0.4 is 21.0 Å². The highest BCUT2D eigenvalue weighted by Crippen LogP contribution is 2.36. The molecule has 0 spiro atoms. The fourth-order valence-corrected chi connectivity index (χ4v) is 5.09. The van der Waals surface area contributed by atoms with Crippen molar-refractivity contribution in [3.05, 3.63) is 75.2 Å². The van der Waals surface area contributed by atoms with Crippen LogP contribution in [0.1, 0.15) is 80.4 Å². The SMILES string of the molecule is CC(C)(C)OC(=O)CN(C(=O)OC(C)(C)C)c1nccc(I)c1C#N.CC1(C)OB(c2ccc(NC(=O)Nc3cc(C(F)(F)F)ccc3F)cc2)OC1(C)C. The molecule has 12 nitrogen and oxygen atoms in total.